The maximum absolute atomic E-state index is 11.7. The zero-order chi connectivity index (χ0) is 12.0. The molecule has 0 N–H and O–H groups in total. The molecule has 0 aliphatic rings. The van der Waals surface area contributed by atoms with E-state index in [4.69, 9.17) is 28.5 Å². The van der Waals surface area contributed by atoms with E-state index in [2.05, 4.69) is 0 Å². The molecule has 0 aliphatic carbocycles. The number of halogens is 2. The van der Waals surface area contributed by atoms with Crippen LogP contribution in [0.4, 0.5) is 0 Å². The molecule has 1 atom stereocenters. The summed E-state index contributed by atoms with van der Waals surface area (Å²) in [7, 11) is -1.01. The van der Waals surface area contributed by atoms with E-state index in [1.54, 1.807) is 18.2 Å². The number of benzene rings is 1. The second-order valence-corrected chi connectivity index (χ2v) is 5.64. The monoisotopic (exact) mass is 275 g/mol. The quantitative estimate of drug-likeness (QED) is 0.772. The van der Waals surface area contributed by atoms with Crippen molar-refractivity contribution in [2.24, 2.45) is 0 Å². The Kier molecular flexibility index (Phi) is 5.83. The first-order valence-corrected chi connectivity index (χ1v) is 7.04. The molecular weight excluding hydrogens is 265 g/mol. The van der Waals surface area contributed by atoms with Gasteiger partial charge in [-0.25, -0.2) is 0 Å². The van der Waals surface area contributed by atoms with Gasteiger partial charge in [0.05, 0.1) is 11.8 Å². The highest BCUT2D eigenvalue weighted by molar-refractivity contribution is 7.84. The van der Waals surface area contributed by atoms with Crippen LogP contribution in [0.15, 0.2) is 18.2 Å². The topological polar surface area (TPSA) is 40.9 Å². The lowest BCUT2D eigenvalue weighted by atomic mass is 10.2. The zero-order valence-electron chi connectivity index (χ0n) is 8.58. The lowest BCUT2D eigenvalue weighted by Crippen LogP contribution is -2.02. The smallest absolute Gasteiger partial charge is 0.0622 e. The average Bonchev–Trinajstić information content (AvgIpc) is 2.24. The van der Waals surface area contributed by atoms with Gasteiger partial charge in [0.15, 0.2) is 0 Å². The van der Waals surface area contributed by atoms with Crippen molar-refractivity contribution in [3.63, 3.8) is 0 Å². The summed E-state index contributed by atoms with van der Waals surface area (Å²) in [6.45, 7) is 0. The van der Waals surface area contributed by atoms with E-state index in [-0.39, 0.29) is 0 Å². The first kappa shape index (κ1) is 13.5. The fourth-order valence-electron chi connectivity index (χ4n) is 1.22. The van der Waals surface area contributed by atoms with E-state index in [0.717, 1.165) is 5.56 Å². The number of nitrogens with zero attached hydrogens (tertiary/aromatic N) is 1. The summed E-state index contributed by atoms with van der Waals surface area (Å²) in [4.78, 5) is 0. The fraction of sp³-hybridized carbons (Fsp3) is 0.364. The molecule has 0 fully saturated rings. The maximum Gasteiger partial charge on any atom is 0.0622 e. The van der Waals surface area contributed by atoms with Crippen molar-refractivity contribution in [2.45, 2.75) is 18.6 Å². The fourth-order valence-corrected chi connectivity index (χ4v) is 3.15. The predicted octanol–water partition coefficient (Wildman–Crippen LogP) is 3.55. The average molecular weight is 276 g/mol. The summed E-state index contributed by atoms with van der Waals surface area (Å²) >= 11 is 11.9. The van der Waals surface area contributed by atoms with Crippen LogP contribution in [0.2, 0.25) is 10.0 Å². The van der Waals surface area contributed by atoms with E-state index in [1.165, 1.54) is 0 Å². The van der Waals surface area contributed by atoms with Gasteiger partial charge in [0.25, 0.3) is 0 Å². The van der Waals surface area contributed by atoms with Crippen LogP contribution in [0.3, 0.4) is 0 Å². The zero-order valence-corrected chi connectivity index (χ0v) is 10.9. The third kappa shape index (κ3) is 4.13. The van der Waals surface area contributed by atoms with Gasteiger partial charge >= 0.3 is 0 Å². The molecule has 0 spiro atoms. The molecular formula is C11H11Cl2NOS. The molecule has 1 rings (SSSR count). The molecule has 0 saturated heterocycles. The second-order valence-electron chi connectivity index (χ2n) is 3.25. The SMILES string of the molecule is N#CCCC[S@@](=O)Cc1c(Cl)cccc1Cl. The molecule has 1 aromatic carbocycles. The van der Waals surface area contributed by atoms with E-state index < -0.39 is 10.8 Å². The van der Waals surface area contributed by atoms with Gasteiger partial charge in [0.2, 0.25) is 0 Å². The Morgan fingerprint density at radius 1 is 1.31 bits per heavy atom. The Bertz CT molecular complexity index is 408. The van der Waals surface area contributed by atoms with Gasteiger partial charge in [0, 0.05) is 38.6 Å². The van der Waals surface area contributed by atoms with Crippen molar-refractivity contribution in [3.8, 4) is 6.07 Å². The molecule has 0 aromatic heterocycles. The highest BCUT2D eigenvalue weighted by Gasteiger charge is 2.09. The summed E-state index contributed by atoms with van der Waals surface area (Å²) in [5.74, 6) is 0.860. The second kappa shape index (κ2) is 6.90. The largest absolute Gasteiger partial charge is 0.259 e. The van der Waals surface area contributed by atoms with Crippen LogP contribution in [0.25, 0.3) is 0 Å². The van der Waals surface area contributed by atoms with Crippen LogP contribution in [0.5, 0.6) is 0 Å². The van der Waals surface area contributed by atoms with Gasteiger partial charge in [-0.15, -0.1) is 0 Å². The van der Waals surface area contributed by atoms with Crippen LogP contribution in [0.1, 0.15) is 18.4 Å². The minimum absolute atomic E-state index is 0.351. The molecule has 2 nitrogen and oxygen atoms in total. The third-order valence-corrected chi connectivity index (χ3v) is 4.09. The van der Waals surface area contributed by atoms with E-state index in [9.17, 15) is 4.21 Å². The minimum atomic E-state index is -1.01. The molecule has 0 amide bonds. The summed E-state index contributed by atoms with van der Waals surface area (Å²) in [5.41, 5.74) is 0.723. The summed E-state index contributed by atoms with van der Waals surface area (Å²) in [5, 5.41) is 9.45. The van der Waals surface area contributed by atoms with E-state index in [0.29, 0.717) is 34.4 Å². The molecule has 0 heterocycles. The molecule has 0 aliphatic heterocycles. The Morgan fingerprint density at radius 2 is 1.94 bits per heavy atom. The normalized spacial score (nSPS) is 12.1. The maximum atomic E-state index is 11.7. The highest BCUT2D eigenvalue weighted by atomic mass is 35.5. The lowest BCUT2D eigenvalue weighted by molar-refractivity contribution is 0.680. The van der Waals surface area contributed by atoms with Gasteiger partial charge in [0.1, 0.15) is 0 Å². The molecule has 5 heteroatoms. The van der Waals surface area contributed by atoms with Crippen molar-refractivity contribution in [1.29, 1.82) is 5.26 Å². The molecule has 0 unspecified atom stereocenters. The van der Waals surface area contributed by atoms with Gasteiger partial charge in [-0.2, -0.15) is 5.26 Å². The van der Waals surface area contributed by atoms with Crippen molar-refractivity contribution in [3.05, 3.63) is 33.8 Å². The van der Waals surface area contributed by atoms with Gasteiger partial charge < -0.3 is 0 Å². The van der Waals surface area contributed by atoms with E-state index >= 15 is 0 Å². The molecule has 1 aromatic rings. The standard InChI is InChI=1S/C11H11Cl2NOS/c12-10-4-3-5-11(13)9(10)8-16(15)7-2-1-6-14/h3-5H,1-2,7-8H2/t16-/m1/s1. The summed E-state index contributed by atoms with van der Waals surface area (Å²) < 4.78 is 11.7. The number of hydrogen-bond donors (Lipinski definition) is 0. The van der Waals surface area contributed by atoms with Crippen LogP contribution < -0.4 is 0 Å². The van der Waals surface area contributed by atoms with Crippen molar-refractivity contribution in [1.82, 2.24) is 0 Å². The molecule has 86 valence electrons. The predicted molar refractivity (Wildman–Crippen MR) is 68.0 cm³/mol. The van der Waals surface area contributed by atoms with Crippen LogP contribution >= 0.6 is 23.2 Å². The van der Waals surface area contributed by atoms with E-state index in [1.807, 2.05) is 6.07 Å². The Balaban J connectivity index is 2.60. The number of nitriles is 1. The number of rotatable bonds is 5. The van der Waals surface area contributed by atoms with Gasteiger partial charge in [-0.05, 0) is 18.6 Å². The third-order valence-electron chi connectivity index (χ3n) is 2.03. The Labute approximate surface area is 108 Å². The molecule has 0 saturated carbocycles. The van der Waals surface area contributed by atoms with Crippen molar-refractivity contribution < 1.29 is 4.21 Å². The molecule has 16 heavy (non-hydrogen) atoms. The first-order chi connectivity index (χ1) is 7.65. The first-order valence-electron chi connectivity index (χ1n) is 4.80. The van der Waals surface area contributed by atoms with Gasteiger partial charge in [-0.3, -0.25) is 4.21 Å². The molecule has 0 radical (unpaired) electrons. The van der Waals surface area contributed by atoms with Gasteiger partial charge in [-0.1, -0.05) is 29.3 Å². The van der Waals surface area contributed by atoms with Crippen LogP contribution in [-0.2, 0) is 16.6 Å². The summed E-state index contributed by atoms with van der Waals surface area (Å²) in [6, 6.07) is 7.24. The van der Waals surface area contributed by atoms with Crippen LogP contribution in [0, 0.1) is 11.3 Å². The van der Waals surface area contributed by atoms with Crippen LogP contribution in [-0.4, -0.2) is 9.96 Å². The summed E-state index contributed by atoms with van der Waals surface area (Å²) in [6.07, 6.45) is 1.08. The minimum Gasteiger partial charge on any atom is -0.259 e. The lowest BCUT2D eigenvalue weighted by Gasteiger charge is -2.06. The Hall–Kier alpha value is -0.560. The number of hydrogen-bond acceptors (Lipinski definition) is 2. The highest BCUT2D eigenvalue weighted by Crippen LogP contribution is 2.25. The van der Waals surface area contributed by atoms with Crippen molar-refractivity contribution in [2.75, 3.05) is 5.75 Å². The molecule has 0 bridgehead atoms. The number of unbranched alkanes of at least 4 members (excludes halogenated alkanes) is 1. The van der Waals surface area contributed by atoms with Crippen molar-refractivity contribution >= 4 is 34.0 Å². The Morgan fingerprint density at radius 3 is 2.50 bits per heavy atom.